The van der Waals surface area contributed by atoms with Crippen molar-refractivity contribution in [1.82, 2.24) is 0 Å². The molecule has 104 valence electrons. The van der Waals surface area contributed by atoms with Gasteiger partial charge in [-0.1, -0.05) is 36.4 Å². The third-order valence-electron chi connectivity index (χ3n) is 3.63. The fourth-order valence-corrected chi connectivity index (χ4v) is 2.21. The van der Waals surface area contributed by atoms with E-state index in [4.69, 9.17) is 4.74 Å². The maximum atomic E-state index is 5.83. The summed E-state index contributed by atoms with van der Waals surface area (Å²) >= 11 is 0. The second-order valence-corrected chi connectivity index (χ2v) is 5.44. The van der Waals surface area contributed by atoms with Gasteiger partial charge in [0.15, 0.2) is 0 Å². The van der Waals surface area contributed by atoms with Crippen LogP contribution in [0.1, 0.15) is 18.4 Å². The van der Waals surface area contributed by atoms with E-state index in [1.54, 1.807) is 0 Å². The molecule has 2 aromatic carbocycles. The van der Waals surface area contributed by atoms with Crippen LogP contribution in [0, 0.1) is 5.92 Å². The molecule has 1 aliphatic rings. The van der Waals surface area contributed by atoms with Gasteiger partial charge in [0.05, 0.1) is 6.61 Å². The molecule has 1 N–H and O–H groups in total. The lowest BCUT2D eigenvalue weighted by molar-refractivity contribution is 0.322. The topological polar surface area (TPSA) is 21.3 Å². The summed E-state index contributed by atoms with van der Waals surface area (Å²) in [5.74, 6) is 1.83. The Morgan fingerprint density at radius 1 is 1.00 bits per heavy atom. The average molecular weight is 267 g/mol. The number of benzene rings is 2. The molecule has 20 heavy (non-hydrogen) atoms. The van der Waals surface area contributed by atoms with Gasteiger partial charge < -0.3 is 10.1 Å². The molecule has 2 heteroatoms. The molecule has 0 aromatic heterocycles. The molecular formula is C18H21NO. The van der Waals surface area contributed by atoms with Gasteiger partial charge in [-0.15, -0.1) is 0 Å². The van der Waals surface area contributed by atoms with Gasteiger partial charge in [-0.25, -0.2) is 0 Å². The van der Waals surface area contributed by atoms with E-state index in [9.17, 15) is 0 Å². The van der Waals surface area contributed by atoms with Crippen LogP contribution in [0.5, 0.6) is 5.75 Å². The number of anilines is 1. The van der Waals surface area contributed by atoms with Crippen LogP contribution in [0.2, 0.25) is 0 Å². The minimum atomic E-state index is 0.718. The molecule has 0 amide bonds. The molecule has 2 nitrogen and oxygen atoms in total. The third-order valence-corrected chi connectivity index (χ3v) is 3.63. The van der Waals surface area contributed by atoms with E-state index in [2.05, 4.69) is 41.7 Å². The summed E-state index contributed by atoms with van der Waals surface area (Å²) in [6.45, 7) is 1.81. The predicted molar refractivity (Wildman–Crippen MR) is 83.3 cm³/mol. The standard InChI is InChI=1S/C18H21NO/c1-2-5-15(6-3-1)11-12-20-18-8-4-7-17(13-18)19-14-16-9-10-16/h1-8,13,16,19H,9-12,14H2. The molecule has 1 saturated carbocycles. The van der Waals surface area contributed by atoms with E-state index in [0.29, 0.717) is 0 Å². The van der Waals surface area contributed by atoms with Gasteiger partial charge in [0, 0.05) is 24.7 Å². The summed E-state index contributed by atoms with van der Waals surface area (Å²) in [7, 11) is 0. The minimum absolute atomic E-state index is 0.718. The van der Waals surface area contributed by atoms with E-state index in [1.165, 1.54) is 18.4 Å². The SMILES string of the molecule is c1ccc(CCOc2cccc(NCC3CC3)c2)cc1. The minimum Gasteiger partial charge on any atom is -0.493 e. The van der Waals surface area contributed by atoms with Gasteiger partial charge >= 0.3 is 0 Å². The fourth-order valence-electron chi connectivity index (χ4n) is 2.21. The van der Waals surface area contributed by atoms with Crippen molar-refractivity contribution in [2.45, 2.75) is 19.3 Å². The Morgan fingerprint density at radius 3 is 2.65 bits per heavy atom. The number of rotatable bonds is 7. The molecule has 0 atom stereocenters. The van der Waals surface area contributed by atoms with E-state index in [1.807, 2.05) is 18.2 Å². The largest absolute Gasteiger partial charge is 0.493 e. The number of hydrogen-bond acceptors (Lipinski definition) is 2. The van der Waals surface area contributed by atoms with Crippen LogP contribution in [-0.2, 0) is 6.42 Å². The molecule has 3 rings (SSSR count). The Labute approximate surface area is 120 Å². The van der Waals surface area contributed by atoms with Crippen molar-refractivity contribution in [3.8, 4) is 5.75 Å². The van der Waals surface area contributed by atoms with Crippen molar-refractivity contribution in [1.29, 1.82) is 0 Å². The summed E-state index contributed by atoms with van der Waals surface area (Å²) in [5.41, 5.74) is 2.48. The second kappa shape index (κ2) is 6.47. The summed E-state index contributed by atoms with van der Waals surface area (Å²) in [5, 5.41) is 3.48. The first-order valence-electron chi connectivity index (χ1n) is 7.41. The smallest absolute Gasteiger partial charge is 0.121 e. The Morgan fingerprint density at radius 2 is 1.85 bits per heavy atom. The highest BCUT2D eigenvalue weighted by molar-refractivity contribution is 5.48. The maximum Gasteiger partial charge on any atom is 0.121 e. The van der Waals surface area contributed by atoms with Crippen LogP contribution < -0.4 is 10.1 Å². The average Bonchev–Trinajstić information content (AvgIpc) is 3.31. The monoisotopic (exact) mass is 267 g/mol. The summed E-state index contributed by atoms with van der Waals surface area (Å²) < 4.78 is 5.83. The highest BCUT2D eigenvalue weighted by atomic mass is 16.5. The van der Waals surface area contributed by atoms with Crippen molar-refractivity contribution >= 4 is 5.69 Å². The quantitative estimate of drug-likeness (QED) is 0.814. The van der Waals surface area contributed by atoms with Crippen LogP contribution in [0.15, 0.2) is 54.6 Å². The first kappa shape index (κ1) is 13.0. The summed E-state index contributed by atoms with van der Waals surface area (Å²) in [4.78, 5) is 0. The third kappa shape index (κ3) is 4.02. The van der Waals surface area contributed by atoms with Gasteiger partial charge in [0.2, 0.25) is 0 Å². The molecule has 1 fully saturated rings. The zero-order valence-electron chi connectivity index (χ0n) is 11.7. The van der Waals surface area contributed by atoms with Crippen LogP contribution in [0.4, 0.5) is 5.69 Å². The molecule has 0 radical (unpaired) electrons. The van der Waals surface area contributed by atoms with E-state index in [-0.39, 0.29) is 0 Å². The zero-order valence-corrected chi connectivity index (χ0v) is 11.7. The number of nitrogens with one attached hydrogen (secondary N) is 1. The molecular weight excluding hydrogens is 246 g/mol. The molecule has 0 saturated heterocycles. The lowest BCUT2D eigenvalue weighted by Gasteiger charge is -2.09. The molecule has 0 bridgehead atoms. The maximum absolute atomic E-state index is 5.83. The highest BCUT2D eigenvalue weighted by Crippen LogP contribution is 2.29. The number of hydrogen-bond donors (Lipinski definition) is 1. The molecule has 1 aliphatic carbocycles. The first-order valence-corrected chi connectivity index (χ1v) is 7.41. The van der Waals surface area contributed by atoms with Crippen molar-refractivity contribution in [2.24, 2.45) is 5.92 Å². The Kier molecular flexibility index (Phi) is 4.22. The fraction of sp³-hybridized carbons (Fsp3) is 0.333. The van der Waals surface area contributed by atoms with Gasteiger partial charge in [-0.3, -0.25) is 0 Å². The van der Waals surface area contributed by atoms with E-state index in [0.717, 1.165) is 36.9 Å². The second-order valence-electron chi connectivity index (χ2n) is 5.44. The number of ether oxygens (including phenoxy) is 1. The van der Waals surface area contributed by atoms with Crippen LogP contribution in [0.3, 0.4) is 0 Å². The Hall–Kier alpha value is -1.96. The molecule has 2 aromatic rings. The zero-order chi connectivity index (χ0) is 13.6. The van der Waals surface area contributed by atoms with Crippen molar-refractivity contribution in [2.75, 3.05) is 18.5 Å². The van der Waals surface area contributed by atoms with Crippen molar-refractivity contribution in [3.05, 3.63) is 60.2 Å². The van der Waals surface area contributed by atoms with Crippen molar-refractivity contribution < 1.29 is 4.74 Å². The Balaban J connectivity index is 1.47. The van der Waals surface area contributed by atoms with Gasteiger partial charge in [-0.2, -0.15) is 0 Å². The van der Waals surface area contributed by atoms with Gasteiger partial charge in [0.25, 0.3) is 0 Å². The van der Waals surface area contributed by atoms with E-state index < -0.39 is 0 Å². The normalized spacial score (nSPS) is 14.0. The summed E-state index contributed by atoms with van der Waals surface area (Å²) in [6, 6.07) is 18.7. The predicted octanol–water partition coefficient (Wildman–Crippen LogP) is 4.13. The van der Waals surface area contributed by atoms with E-state index >= 15 is 0 Å². The van der Waals surface area contributed by atoms with Crippen molar-refractivity contribution in [3.63, 3.8) is 0 Å². The lowest BCUT2D eigenvalue weighted by atomic mass is 10.2. The molecule has 0 aliphatic heterocycles. The molecule has 0 unspecified atom stereocenters. The summed E-state index contributed by atoms with van der Waals surface area (Å²) in [6.07, 6.45) is 3.70. The van der Waals surface area contributed by atoms with Gasteiger partial charge in [0.1, 0.15) is 5.75 Å². The van der Waals surface area contributed by atoms with Crippen LogP contribution >= 0.6 is 0 Å². The van der Waals surface area contributed by atoms with Crippen LogP contribution in [0.25, 0.3) is 0 Å². The first-order chi connectivity index (χ1) is 9.90. The molecule has 0 spiro atoms. The van der Waals surface area contributed by atoms with Crippen LogP contribution in [-0.4, -0.2) is 13.2 Å². The Bertz CT molecular complexity index is 534. The lowest BCUT2D eigenvalue weighted by Crippen LogP contribution is -2.04. The molecule has 0 heterocycles. The highest BCUT2D eigenvalue weighted by Gasteiger charge is 2.20. The van der Waals surface area contributed by atoms with Gasteiger partial charge in [-0.05, 0) is 36.5 Å².